The van der Waals surface area contributed by atoms with Crippen molar-refractivity contribution in [2.75, 3.05) is 32.8 Å². The fraction of sp³-hybridized carbons (Fsp3) is 0.467. The zero-order valence-corrected chi connectivity index (χ0v) is 12.0. The van der Waals surface area contributed by atoms with Crippen LogP contribution in [0.15, 0.2) is 24.3 Å². The Morgan fingerprint density at radius 3 is 2.48 bits per heavy atom. The van der Waals surface area contributed by atoms with Crippen LogP contribution < -0.4 is 0 Å². The quantitative estimate of drug-likeness (QED) is 0.856. The van der Waals surface area contributed by atoms with Crippen molar-refractivity contribution in [1.82, 2.24) is 9.80 Å². The number of hydrogen-bond acceptors (Lipinski definition) is 4. The molecular formula is C15H18FN3O2. The third kappa shape index (κ3) is 3.70. The molecule has 5 nitrogen and oxygen atoms in total. The van der Waals surface area contributed by atoms with Crippen LogP contribution in [-0.2, 0) is 4.74 Å². The highest BCUT2D eigenvalue weighted by molar-refractivity contribution is 5.67. The number of rotatable bonds is 3. The third-order valence-electron chi connectivity index (χ3n) is 3.51. The van der Waals surface area contributed by atoms with E-state index in [0.717, 1.165) is 5.56 Å². The molecule has 1 unspecified atom stereocenters. The van der Waals surface area contributed by atoms with Gasteiger partial charge in [0.2, 0.25) is 0 Å². The molecule has 0 aliphatic carbocycles. The summed E-state index contributed by atoms with van der Waals surface area (Å²) < 4.78 is 17.9. The van der Waals surface area contributed by atoms with Crippen molar-refractivity contribution in [1.29, 1.82) is 5.26 Å². The van der Waals surface area contributed by atoms with Crippen LogP contribution in [0.5, 0.6) is 0 Å². The molecule has 1 aliphatic heterocycles. The van der Waals surface area contributed by atoms with Gasteiger partial charge in [0.15, 0.2) is 0 Å². The van der Waals surface area contributed by atoms with E-state index in [4.69, 9.17) is 4.74 Å². The van der Waals surface area contributed by atoms with Gasteiger partial charge in [0.1, 0.15) is 11.9 Å². The molecule has 1 aromatic rings. The second-order valence-corrected chi connectivity index (χ2v) is 4.81. The molecule has 1 saturated heterocycles. The van der Waals surface area contributed by atoms with Crippen molar-refractivity contribution >= 4 is 6.09 Å². The molecule has 1 heterocycles. The normalized spacial score (nSPS) is 17.1. The summed E-state index contributed by atoms with van der Waals surface area (Å²) in [6.07, 6.45) is -0.313. The molecule has 1 aliphatic rings. The molecule has 0 saturated carbocycles. The number of carbonyl (C=O) groups is 1. The van der Waals surface area contributed by atoms with Gasteiger partial charge in [-0.2, -0.15) is 5.26 Å². The molecule has 2 rings (SSSR count). The maximum Gasteiger partial charge on any atom is 0.409 e. The molecule has 0 N–H and O–H groups in total. The zero-order chi connectivity index (χ0) is 15.2. The Bertz CT molecular complexity index is 519. The SMILES string of the molecule is CCOC(=O)N1CCN(C(C#N)c2ccc(F)cc2)CC1. The topological polar surface area (TPSA) is 56.6 Å². The zero-order valence-electron chi connectivity index (χ0n) is 12.0. The molecular weight excluding hydrogens is 273 g/mol. The van der Waals surface area contributed by atoms with Gasteiger partial charge in [0.25, 0.3) is 0 Å². The first-order valence-electron chi connectivity index (χ1n) is 6.96. The number of benzene rings is 1. The Morgan fingerprint density at radius 1 is 1.33 bits per heavy atom. The van der Waals surface area contributed by atoms with Crippen LogP contribution in [0.4, 0.5) is 9.18 Å². The van der Waals surface area contributed by atoms with Crippen LogP contribution in [-0.4, -0.2) is 48.7 Å². The minimum atomic E-state index is -0.421. The Kier molecular flexibility index (Phi) is 5.12. The molecule has 1 amide bonds. The van der Waals surface area contributed by atoms with E-state index in [2.05, 4.69) is 6.07 Å². The summed E-state index contributed by atoms with van der Waals surface area (Å²) in [5, 5.41) is 9.37. The Hall–Kier alpha value is -2.13. The smallest absolute Gasteiger partial charge is 0.409 e. The first-order valence-corrected chi connectivity index (χ1v) is 6.96. The summed E-state index contributed by atoms with van der Waals surface area (Å²) in [5.74, 6) is -0.317. The van der Waals surface area contributed by atoms with Crippen LogP contribution in [0.25, 0.3) is 0 Å². The fourth-order valence-electron chi connectivity index (χ4n) is 2.39. The summed E-state index contributed by atoms with van der Waals surface area (Å²) >= 11 is 0. The number of amides is 1. The molecule has 0 spiro atoms. The Labute approximate surface area is 123 Å². The fourth-order valence-corrected chi connectivity index (χ4v) is 2.39. The van der Waals surface area contributed by atoms with Crippen molar-refractivity contribution in [2.24, 2.45) is 0 Å². The first kappa shape index (κ1) is 15.3. The lowest BCUT2D eigenvalue weighted by atomic mass is 10.1. The number of ether oxygens (including phenoxy) is 1. The lowest BCUT2D eigenvalue weighted by Crippen LogP contribution is -2.49. The van der Waals surface area contributed by atoms with E-state index in [1.54, 1.807) is 24.0 Å². The average molecular weight is 291 g/mol. The van der Waals surface area contributed by atoms with Gasteiger partial charge in [-0.25, -0.2) is 9.18 Å². The second kappa shape index (κ2) is 7.04. The van der Waals surface area contributed by atoms with E-state index in [9.17, 15) is 14.4 Å². The maximum atomic E-state index is 13.0. The Morgan fingerprint density at radius 2 is 1.95 bits per heavy atom. The van der Waals surface area contributed by atoms with Gasteiger partial charge in [-0.1, -0.05) is 12.1 Å². The van der Waals surface area contributed by atoms with Gasteiger partial charge < -0.3 is 9.64 Å². The van der Waals surface area contributed by atoms with E-state index >= 15 is 0 Å². The van der Waals surface area contributed by atoms with Crippen LogP contribution in [0.3, 0.4) is 0 Å². The van der Waals surface area contributed by atoms with E-state index in [1.807, 2.05) is 4.90 Å². The lowest BCUT2D eigenvalue weighted by molar-refractivity contribution is 0.0733. The average Bonchev–Trinajstić information content (AvgIpc) is 2.51. The van der Waals surface area contributed by atoms with Gasteiger partial charge in [0, 0.05) is 26.2 Å². The van der Waals surface area contributed by atoms with E-state index < -0.39 is 6.04 Å². The van der Waals surface area contributed by atoms with Crippen molar-refractivity contribution < 1.29 is 13.9 Å². The molecule has 0 bridgehead atoms. The molecule has 1 atom stereocenters. The number of nitrogens with zero attached hydrogens (tertiary/aromatic N) is 3. The van der Waals surface area contributed by atoms with E-state index in [0.29, 0.717) is 32.8 Å². The second-order valence-electron chi connectivity index (χ2n) is 4.81. The Balaban J connectivity index is 1.98. The highest BCUT2D eigenvalue weighted by Crippen LogP contribution is 2.22. The number of hydrogen-bond donors (Lipinski definition) is 0. The minimum absolute atomic E-state index is 0.313. The van der Waals surface area contributed by atoms with Gasteiger partial charge in [-0.05, 0) is 24.6 Å². The van der Waals surface area contributed by atoms with Crippen LogP contribution in [0.2, 0.25) is 0 Å². The van der Waals surface area contributed by atoms with Crippen LogP contribution in [0.1, 0.15) is 18.5 Å². The van der Waals surface area contributed by atoms with Crippen molar-refractivity contribution in [3.63, 3.8) is 0 Å². The predicted molar refractivity (Wildman–Crippen MR) is 74.9 cm³/mol. The molecule has 6 heteroatoms. The monoisotopic (exact) mass is 291 g/mol. The van der Waals surface area contributed by atoms with E-state index in [-0.39, 0.29) is 11.9 Å². The standard InChI is InChI=1S/C15H18FN3O2/c1-2-21-15(20)19-9-7-18(8-10-19)14(11-17)12-3-5-13(16)6-4-12/h3-6,14H,2,7-10H2,1H3. The van der Waals surface area contributed by atoms with Gasteiger partial charge in [-0.3, -0.25) is 4.90 Å². The maximum absolute atomic E-state index is 13.0. The predicted octanol–water partition coefficient (Wildman–Crippen LogP) is 2.16. The highest BCUT2D eigenvalue weighted by atomic mass is 19.1. The largest absolute Gasteiger partial charge is 0.450 e. The number of carbonyl (C=O) groups excluding carboxylic acids is 1. The molecule has 1 aromatic carbocycles. The molecule has 112 valence electrons. The molecule has 0 radical (unpaired) electrons. The van der Waals surface area contributed by atoms with Crippen molar-refractivity contribution in [2.45, 2.75) is 13.0 Å². The van der Waals surface area contributed by atoms with Crippen molar-refractivity contribution in [3.05, 3.63) is 35.6 Å². The molecule has 21 heavy (non-hydrogen) atoms. The van der Waals surface area contributed by atoms with Gasteiger partial charge in [0.05, 0.1) is 12.7 Å². The summed E-state index contributed by atoms with van der Waals surface area (Å²) in [4.78, 5) is 15.3. The molecule has 0 aromatic heterocycles. The number of nitriles is 1. The van der Waals surface area contributed by atoms with Crippen LogP contribution >= 0.6 is 0 Å². The summed E-state index contributed by atoms with van der Waals surface area (Å²) in [7, 11) is 0. The first-order chi connectivity index (χ1) is 10.2. The lowest BCUT2D eigenvalue weighted by Gasteiger charge is -2.36. The van der Waals surface area contributed by atoms with Crippen molar-refractivity contribution in [3.8, 4) is 6.07 Å². The number of halogens is 1. The van der Waals surface area contributed by atoms with E-state index in [1.165, 1.54) is 12.1 Å². The summed E-state index contributed by atoms with van der Waals surface area (Å²) in [6, 6.07) is 7.79. The summed E-state index contributed by atoms with van der Waals surface area (Å²) in [5.41, 5.74) is 0.767. The van der Waals surface area contributed by atoms with Crippen LogP contribution in [0, 0.1) is 17.1 Å². The van der Waals surface area contributed by atoms with Gasteiger partial charge in [-0.15, -0.1) is 0 Å². The number of piperazine rings is 1. The summed E-state index contributed by atoms with van der Waals surface area (Å²) in [6.45, 7) is 4.36. The molecule has 1 fully saturated rings. The third-order valence-corrected chi connectivity index (χ3v) is 3.51. The van der Waals surface area contributed by atoms with Gasteiger partial charge >= 0.3 is 6.09 Å². The highest BCUT2D eigenvalue weighted by Gasteiger charge is 2.27. The minimum Gasteiger partial charge on any atom is -0.450 e.